The maximum Gasteiger partial charge on any atom is 0.261 e. The third-order valence-corrected chi connectivity index (χ3v) is 5.67. The lowest BCUT2D eigenvalue weighted by molar-refractivity contribution is 0.0932. The summed E-state index contributed by atoms with van der Waals surface area (Å²) in [5.41, 5.74) is 0. The molecule has 1 atom stereocenters. The average molecular weight is 409 g/mol. The van der Waals surface area contributed by atoms with Crippen LogP contribution in [0, 0.1) is 0 Å². The first-order valence-electron chi connectivity index (χ1n) is 8.06. The van der Waals surface area contributed by atoms with Crippen LogP contribution in [0.5, 0.6) is 0 Å². The van der Waals surface area contributed by atoms with Gasteiger partial charge in [-0.1, -0.05) is 6.07 Å². The summed E-state index contributed by atoms with van der Waals surface area (Å²) in [6, 6.07) is 9.90. The van der Waals surface area contributed by atoms with Gasteiger partial charge in [-0.2, -0.15) is 0 Å². The topological polar surface area (TPSA) is 48.5 Å². The summed E-state index contributed by atoms with van der Waals surface area (Å²) in [6.07, 6.45) is 1.84. The van der Waals surface area contributed by atoms with Gasteiger partial charge in [-0.05, 0) is 47.1 Å². The predicted molar refractivity (Wildman–Crippen MR) is 102 cm³/mol. The first-order chi connectivity index (χ1) is 11.6. The van der Waals surface area contributed by atoms with Gasteiger partial charge in [0.1, 0.15) is 5.82 Å². The summed E-state index contributed by atoms with van der Waals surface area (Å²) in [6.45, 7) is 6.84. The third kappa shape index (κ3) is 4.55. The van der Waals surface area contributed by atoms with E-state index in [-0.39, 0.29) is 11.9 Å². The number of nitrogens with zero attached hydrogens (tertiary/aromatic N) is 3. The Bertz CT molecular complexity index is 670. The van der Waals surface area contributed by atoms with E-state index in [0.29, 0.717) is 0 Å². The second kappa shape index (κ2) is 8.09. The number of carbonyl (C=O) groups excluding carboxylic acids is 1. The SMILES string of the molecule is CC(CN1CCN(c2ccccn2)CC1)NC(=O)c1ccc(Br)s1. The Morgan fingerprint density at radius 1 is 1.29 bits per heavy atom. The van der Waals surface area contributed by atoms with Crippen LogP contribution in [0.25, 0.3) is 0 Å². The van der Waals surface area contributed by atoms with Crippen molar-refractivity contribution in [3.63, 3.8) is 0 Å². The first-order valence-corrected chi connectivity index (χ1v) is 9.67. The lowest BCUT2D eigenvalue weighted by Gasteiger charge is -2.36. The van der Waals surface area contributed by atoms with Gasteiger partial charge in [0.2, 0.25) is 0 Å². The number of halogens is 1. The molecule has 1 aliphatic rings. The van der Waals surface area contributed by atoms with Gasteiger partial charge in [-0.25, -0.2) is 4.98 Å². The summed E-state index contributed by atoms with van der Waals surface area (Å²) in [4.78, 5) is 22.1. The zero-order chi connectivity index (χ0) is 16.9. The molecule has 1 saturated heterocycles. The van der Waals surface area contributed by atoms with Crippen LogP contribution in [0.3, 0.4) is 0 Å². The summed E-state index contributed by atoms with van der Waals surface area (Å²) in [7, 11) is 0. The minimum atomic E-state index is 0.00493. The Kier molecular flexibility index (Phi) is 5.86. The Morgan fingerprint density at radius 2 is 2.08 bits per heavy atom. The molecule has 0 saturated carbocycles. The van der Waals surface area contributed by atoms with Gasteiger partial charge in [0.05, 0.1) is 8.66 Å². The standard InChI is InChI=1S/C17H21BrN4OS/c1-13(20-17(23)14-5-6-15(18)24-14)12-21-8-10-22(11-9-21)16-4-2-3-7-19-16/h2-7,13H,8-12H2,1H3,(H,20,23). The van der Waals surface area contributed by atoms with Crippen molar-refractivity contribution in [2.24, 2.45) is 0 Å². The number of thiophene rings is 1. The van der Waals surface area contributed by atoms with Crippen LogP contribution < -0.4 is 10.2 Å². The highest BCUT2D eigenvalue weighted by Crippen LogP contribution is 2.22. The molecule has 1 aliphatic heterocycles. The van der Waals surface area contributed by atoms with Crippen molar-refractivity contribution in [2.45, 2.75) is 13.0 Å². The molecular formula is C17H21BrN4OS. The van der Waals surface area contributed by atoms with E-state index in [2.05, 4.69) is 49.0 Å². The second-order valence-corrected chi connectivity index (χ2v) is 8.42. The quantitative estimate of drug-likeness (QED) is 0.825. The maximum absolute atomic E-state index is 12.2. The zero-order valence-electron chi connectivity index (χ0n) is 13.6. The molecule has 128 valence electrons. The Hall–Kier alpha value is -1.44. The van der Waals surface area contributed by atoms with E-state index in [1.54, 1.807) is 0 Å². The van der Waals surface area contributed by atoms with Crippen molar-refractivity contribution >= 4 is 39.0 Å². The first kappa shape index (κ1) is 17.4. The van der Waals surface area contributed by atoms with E-state index in [1.807, 2.05) is 30.5 Å². The van der Waals surface area contributed by atoms with Gasteiger partial charge in [0, 0.05) is 45.0 Å². The van der Waals surface area contributed by atoms with Crippen LogP contribution >= 0.6 is 27.3 Å². The molecule has 2 aromatic heterocycles. The smallest absolute Gasteiger partial charge is 0.261 e. The number of aromatic nitrogens is 1. The third-order valence-electron chi connectivity index (χ3n) is 4.05. The molecule has 0 radical (unpaired) electrons. The largest absolute Gasteiger partial charge is 0.354 e. The van der Waals surface area contributed by atoms with Gasteiger partial charge < -0.3 is 10.2 Å². The fourth-order valence-corrected chi connectivity index (χ4v) is 4.15. The minimum Gasteiger partial charge on any atom is -0.354 e. The zero-order valence-corrected chi connectivity index (χ0v) is 16.0. The number of piperazine rings is 1. The molecule has 1 fully saturated rings. The second-order valence-electron chi connectivity index (χ2n) is 5.95. The molecular weight excluding hydrogens is 388 g/mol. The van der Waals surface area contributed by atoms with Gasteiger partial charge in [0.25, 0.3) is 5.91 Å². The molecule has 3 heterocycles. The molecule has 5 nitrogen and oxygen atoms in total. The highest BCUT2D eigenvalue weighted by atomic mass is 79.9. The van der Waals surface area contributed by atoms with Crippen molar-refractivity contribution in [1.82, 2.24) is 15.2 Å². The molecule has 1 N–H and O–H groups in total. The average Bonchev–Trinajstić information content (AvgIpc) is 3.03. The number of nitrogens with one attached hydrogen (secondary N) is 1. The Morgan fingerprint density at radius 3 is 2.71 bits per heavy atom. The molecule has 7 heteroatoms. The van der Waals surface area contributed by atoms with Gasteiger partial charge >= 0.3 is 0 Å². The molecule has 0 spiro atoms. The molecule has 2 aromatic rings. The predicted octanol–water partition coefficient (Wildman–Crippen LogP) is 2.85. The van der Waals surface area contributed by atoms with Crippen molar-refractivity contribution in [2.75, 3.05) is 37.6 Å². The summed E-state index contributed by atoms with van der Waals surface area (Å²) in [5, 5.41) is 3.08. The lowest BCUT2D eigenvalue weighted by atomic mass is 10.2. The monoisotopic (exact) mass is 408 g/mol. The van der Waals surface area contributed by atoms with Crippen molar-refractivity contribution in [3.05, 3.63) is 45.2 Å². The number of anilines is 1. The molecule has 0 aliphatic carbocycles. The van der Waals surface area contributed by atoms with Crippen molar-refractivity contribution in [1.29, 1.82) is 0 Å². The summed E-state index contributed by atoms with van der Waals surface area (Å²) in [5.74, 6) is 1.05. The minimum absolute atomic E-state index is 0.00493. The molecule has 0 bridgehead atoms. The Labute approximate surface area is 154 Å². The molecule has 24 heavy (non-hydrogen) atoms. The fourth-order valence-electron chi connectivity index (χ4n) is 2.86. The summed E-state index contributed by atoms with van der Waals surface area (Å²) < 4.78 is 0.978. The van der Waals surface area contributed by atoms with Gasteiger partial charge in [-0.3, -0.25) is 9.69 Å². The van der Waals surface area contributed by atoms with Crippen LogP contribution in [0.1, 0.15) is 16.6 Å². The number of amides is 1. The van der Waals surface area contributed by atoms with Crippen LogP contribution in [-0.2, 0) is 0 Å². The number of carbonyl (C=O) groups is 1. The van der Waals surface area contributed by atoms with E-state index in [9.17, 15) is 4.79 Å². The molecule has 1 unspecified atom stereocenters. The number of pyridine rings is 1. The normalized spacial score (nSPS) is 16.8. The molecule has 3 rings (SSSR count). The van der Waals surface area contributed by atoms with Crippen molar-refractivity contribution in [3.8, 4) is 0 Å². The van der Waals surface area contributed by atoms with E-state index >= 15 is 0 Å². The van der Waals surface area contributed by atoms with Crippen molar-refractivity contribution < 1.29 is 4.79 Å². The lowest BCUT2D eigenvalue weighted by Crippen LogP contribution is -2.51. The highest BCUT2D eigenvalue weighted by molar-refractivity contribution is 9.11. The van der Waals surface area contributed by atoms with Gasteiger partial charge in [0.15, 0.2) is 0 Å². The van der Waals surface area contributed by atoms with E-state index in [4.69, 9.17) is 0 Å². The van der Waals surface area contributed by atoms with Crippen LogP contribution in [0.15, 0.2) is 40.3 Å². The highest BCUT2D eigenvalue weighted by Gasteiger charge is 2.20. The number of hydrogen-bond donors (Lipinski definition) is 1. The fraction of sp³-hybridized carbons (Fsp3) is 0.412. The number of hydrogen-bond acceptors (Lipinski definition) is 5. The van der Waals surface area contributed by atoms with Crippen LogP contribution in [-0.4, -0.2) is 54.6 Å². The van der Waals surface area contributed by atoms with E-state index in [0.717, 1.165) is 47.2 Å². The van der Waals surface area contributed by atoms with E-state index in [1.165, 1.54) is 11.3 Å². The van der Waals surface area contributed by atoms with Crippen LogP contribution in [0.4, 0.5) is 5.82 Å². The molecule has 0 aromatic carbocycles. The Balaban J connectivity index is 1.45. The summed E-state index contributed by atoms with van der Waals surface area (Å²) >= 11 is 4.85. The van der Waals surface area contributed by atoms with Gasteiger partial charge in [-0.15, -0.1) is 11.3 Å². The van der Waals surface area contributed by atoms with Crippen LogP contribution in [0.2, 0.25) is 0 Å². The maximum atomic E-state index is 12.2. The van der Waals surface area contributed by atoms with E-state index < -0.39 is 0 Å². The number of rotatable bonds is 5. The molecule has 1 amide bonds.